The van der Waals surface area contributed by atoms with Crippen LogP contribution >= 0.6 is 0 Å². The van der Waals surface area contributed by atoms with Gasteiger partial charge in [0, 0.05) is 53.5 Å². The molecule has 0 aliphatic rings. The van der Waals surface area contributed by atoms with E-state index >= 15 is 0 Å². The number of aromatic nitrogens is 6. The molecule has 1 atom stereocenters. The fourth-order valence-corrected chi connectivity index (χ4v) is 9.37. The number of carbonyl (C=O) groups excluding carboxylic acids is 2. The Balaban J connectivity index is 0.0000115. The van der Waals surface area contributed by atoms with Crippen molar-refractivity contribution in [2.24, 2.45) is 52.4 Å². The molecule has 0 aliphatic carbocycles. The molecule has 1 radical (unpaired) electrons. The molecule has 1 unspecified atom stereocenters. The van der Waals surface area contributed by atoms with Gasteiger partial charge in [0.2, 0.25) is 23.8 Å². The maximum Gasteiger partial charge on any atom is 0.316 e. The van der Waals surface area contributed by atoms with E-state index < -0.39 is 102 Å². The van der Waals surface area contributed by atoms with E-state index in [4.69, 9.17) is 11.5 Å². The van der Waals surface area contributed by atoms with Gasteiger partial charge in [0.15, 0.2) is 0 Å². The maximum atomic E-state index is 14.8. The summed E-state index contributed by atoms with van der Waals surface area (Å²) in [4.78, 5) is 44.5. The molecular formula is C47H40F2N22NaO14S4. The molecular weight excluding hydrogens is 1290 g/mol. The van der Waals surface area contributed by atoms with Gasteiger partial charge in [-0.3, -0.25) is 18.2 Å². The fraction of sp³-hybridized carbons (Fsp3) is 0.0638. The number of azo groups is 4. The molecule has 4 amide bonds. The summed E-state index contributed by atoms with van der Waals surface area (Å²) in [6, 6.07) is 20.6. The number of nitrogens with zero attached hydrogens (tertiary/aromatic N) is 14. The first-order valence-corrected chi connectivity index (χ1v) is 30.0. The number of anilines is 8. The minimum Gasteiger partial charge on any atom is -0.352 e. The van der Waals surface area contributed by atoms with Crippen LogP contribution in [0.3, 0.4) is 0 Å². The summed E-state index contributed by atoms with van der Waals surface area (Å²) in [7, 11) is -18.9. The zero-order valence-electron chi connectivity index (χ0n) is 45.5. The molecule has 0 fully saturated rings. The molecule has 2 aromatic heterocycles. The Labute approximate surface area is 527 Å². The molecule has 461 valence electrons. The molecule has 14 N–H and O–H groups in total. The number of urea groups is 2. The Kier molecular flexibility index (Phi) is 21.3. The summed E-state index contributed by atoms with van der Waals surface area (Å²) >= 11 is 0. The third-order valence-corrected chi connectivity index (χ3v) is 14.5. The van der Waals surface area contributed by atoms with Crippen molar-refractivity contribution in [2.45, 2.75) is 32.5 Å². The van der Waals surface area contributed by atoms with Crippen LogP contribution in [0.25, 0.3) is 0 Å². The number of rotatable bonds is 23. The first kappa shape index (κ1) is 67.5. The van der Waals surface area contributed by atoms with Crippen LogP contribution in [0.2, 0.25) is 0 Å². The summed E-state index contributed by atoms with van der Waals surface area (Å²) in [5.74, 6) is -1.33. The number of amides is 4. The fourth-order valence-electron chi connectivity index (χ4n) is 7.12. The molecule has 36 nitrogen and oxygen atoms in total. The number of carbonyl (C=O) groups is 2. The Bertz CT molecular complexity index is 4680. The van der Waals surface area contributed by atoms with Crippen molar-refractivity contribution in [1.82, 2.24) is 29.9 Å². The van der Waals surface area contributed by atoms with Gasteiger partial charge in [0.1, 0.15) is 32.5 Å². The predicted octanol–water partition coefficient (Wildman–Crippen LogP) is 8.98. The molecule has 43 heteroatoms. The minimum absolute atomic E-state index is 0. The Hall–Kier alpha value is -10.0. The standard InChI is InChI=1S/C47H40F2N22O14S4.Na/c1-23(53-45-59-41(49)61-47(63-45)55-27-7-15-33(37(19-27)57-43(51)73)69-71-35-17-9-29(21-39(35)89(83,84)85)67-65-25-4-12-31(13-5-25)87(77,78)79)22-52-44-58-40(48)60-46(62-44)54-26-6-14-32(36(18-26)56-42(50)72)68-70-34-16-8-28(20-38(34)88(80,81)82)66-64-24-2-10-30(11-3-24)86(74,75)76;/h2-21,23H,22H2,1H3,(H3,50,56,72)(H3,51,57,73)(H,74,75,76)(H,77,78,79)(H,80,81,82)(H,83,84,85)(H2,52,54,58,60,62)(H2,53,55,59,61,63);. The number of benzene rings is 6. The third kappa shape index (κ3) is 19.2. The predicted molar refractivity (Wildman–Crippen MR) is 314 cm³/mol. The van der Waals surface area contributed by atoms with Crippen molar-refractivity contribution in [3.8, 4) is 0 Å². The molecule has 0 saturated carbocycles. The molecule has 8 rings (SSSR count). The number of halogens is 2. The van der Waals surface area contributed by atoms with Crippen LogP contribution in [-0.4, -0.2) is 136 Å². The van der Waals surface area contributed by atoms with Crippen LogP contribution in [0, 0.1) is 12.2 Å². The average Bonchev–Trinajstić information content (AvgIpc) is 1.34. The van der Waals surface area contributed by atoms with Crippen LogP contribution in [0.15, 0.2) is 182 Å². The molecule has 8 aromatic rings. The van der Waals surface area contributed by atoms with Gasteiger partial charge in [-0.15, -0.1) is 20.5 Å². The van der Waals surface area contributed by atoms with E-state index in [1.165, 1.54) is 72.8 Å². The molecule has 0 aliphatic heterocycles. The zero-order chi connectivity index (χ0) is 64.4. The van der Waals surface area contributed by atoms with Crippen LogP contribution in [0.1, 0.15) is 6.92 Å². The number of nitrogens with two attached hydrogens (primary N) is 2. The monoisotopic (exact) mass is 1330 g/mol. The number of hydrogen-bond acceptors (Lipinski definition) is 28. The SMILES string of the molecule is CC(CNc1nc(F)nc(Nc2ccc(N=Nc3ccc(N=Nc4ccc(S(=O)(=O)O)cc4)cc3S(=O)(=O)O)c(NC(N)=O)c2)n1)Nc1nc(F)nc(Nc2ccc(N=Nc3ccc(N=Nc4ccc(S(=O)(=O)O)cc4)cc3S(=O)(=O)O)c(NC(N)=O)c2)n1.[Na]. The number of hydrogen-bond donors (Lipinski definition) is 12. The van der Waals surface area contributed by atoms with Gasteiger partial charge in [0.05, 0.1) is 43.9 Å². The topological polar surface area (TPSA) is 552 Å². The van der Waals surface area contributed by atoms with Crippen LogP contribution in [0.5, 0.6) is 0 Å². The number of primary amides is 2. The Morgan fingerprint density at radius 2 is 0.800 bits per heavy atom. The summed E-state index contributed by atoms with van der Waals surface area (Å²) in [5.41, 5.74) is 9.77. The molecule has 0 saturated heterocycles. The second-order valence-electron chi connectivity index (χ2n) is 17.6. The zero-order valence-corrected chi connectivity index (χ0v) is 50.8. The van der Waals surface area contributed by atoms with E-state index in [2.05, 4.69) is 103 Å². The van der Waals surface area contributed by atoms with Gasteiger partial charge in [-0.2, -0.15) is 92.8 Å². The van der Waals surface area contributed by atoms with Crippen molar-refractivity contribution in [2.75, 3.05) is 38.4 Å². The summed E-state index contributed by atoms with van der Waals surface area (Å²) in [6.45, 7) is 1.50. The second kappa shape index (κ2) is 28.4. The molecule has 6 aromatic carbocycles. The Morgan fingerprint density at radius 1 is 0.456 bits per heavy atom. The van der Waals surface area contributed by atoms with Crippen molar-refractivity contribution in [3.63, 3.8) is 0 Å². The molecule has 0 bridgehead atoms. The van der Waals surface area contributed by atoms with E-state index in [-0.39, 0.29) is 117 Å². The second-order valence-corrected chi connectivity index (χ2v) is 23.2. The minimum atomic E-state index is -4.98. The van der Waals surface area contributed by atoms with E-state index in [0.717, 1.165) is 48.5 Å². The normalized spacial score (nSPS) is 12.4. The summed E-state index contributed by atoms with van der Waals surface area (Å²) in [6.07, 6.45) is -2.51. The summed E-state index contributed by atoms with van der Waals surface area (Å²) in [5, 5.41) is 47.0. The largest absolute Gasteiger partial charge is 0.352 e. The van der Waals surface area contributed by atoms with E-state index in [0.29, 0.717) is 0 Å². The first-order valence-electron chi connectivity index (χ1n) is 24.2. The van der Waals surface area contributed by atoms with Gasteiger partial charge < -0.3 is 43.4 Å². The van der Waals surface area contributed by atoms with Gasteiger partial charge in [-0.1, -0.05) is 0 Å². The molecule has 90 heavy (non-hydrogen) atoms. The van der Waals surface area contributed by atoms with Crippen molar-refractivity contribution < 1.29 is 70.3 Å². The number of nitrogens with one attached hydrogen (secondary N) is 6. The Morgan fingerprint density at radius 3 is 1.19 bits per heavy atom. The van der Waals surface area contributed by atoms with E-state index in [9.17, 15) is 70.3 Å². The molecule has 0 spiro atoms. The van der Waals surface area contributed by atoms with Crippen LogP contribution in [-0.2, 0) is 40.5 Å². The smallest absolute Gasteiger partial charge is 0.316 e. The van der Waals surface area contributed by atoms with Gasteiger partial charge in [0.25, 0.3) is 40.5 Å². The van der Waals surface area contributed by atoms with Crippen LogP contribution in [0.4, 0.5) is 110 Å². The van der Waals surface area contributed by atoms with E-state index in [1.807, 2.05) is 0 Å². The van der Waals surface area contributed by atoms with Crippen molar-refractivity contribution in [1.29, 1.82) is 0 Å². The van der Waals surface area contributed by atoms with E-state index in [1.54, 1.807) is 6.92 Å². The van der Waals surface area contributed by atoms with Gasteiger partial charge in [-0.05, 0) is 128 Å². The summed E-state index contributed by atoms with van der Waals surface area (Å²) < 4.78 is 163. The maximum absolute atomic E-state index is 14.8. The van der Waals surface area contributed by atoms with Crippen molar-refractivity contribution >= 4 is 174 Å². The third-order valence-electron chi connectivity index (χ3n) is 11.0. The quantitative estimate of drug-likeness (QED) is 0.0161. The van der Waals surface area contributed by atoms with Gasteiger partial charge in [-0.25, -0.2) is 9.59 Å². The average molecular weight is 1330 g/mol. The molecule has 2 heterocycles. The van der Waals surface area contributed by atoms with Crippen LogP contribution < -0.4 is 43.4 Å². The van der Waals surface area contributed by atoms with Gasteiger partial charge >= 0.3 is 24.2 Å². The van der Waals surface area contributed by atoms with Crippen molar-refractivity contribution in [3.05, 3.63) is 133 Å². The first-order chi connectivity index (χ1) is 41.9.